The minimum absolute atomic E-state index is 0. The zero-order valence-electron chi connectivity index (χ0n) is 12.4. The molecule has 0 fully saturated rings. The largest absolute Gasteiger partial charge is 0.481 e. The van der Waals surface area contributed by atoms with E-state index in [4.69, 9.17) is 22.4 Å². The van der Waals surface area contributed by atoms with Gasteiger partial charge < -0.3 is 16.2 Å². The van der Waals surface area contributed by atoms with Crippen molar-refractivity contribution in [1.82, 2.24) is 4.98 Å². The van der Waals surface area contributed by atoms with Crippen LogP contribution in [-0.2, 0) is 11.3 Å². The van der Waals surface area contributed by atoms with Crippen LogP contribution in [0.4, 0.5) is 5.69 Å². The molecular weight excluding hydrogens is 337 g/mol. The third kappa shape index (κ3) is 5.71. The number of nitrogens with zero attached hydrogens (tertiary/aromatic N) is 1. The van der Waals surface area contributed by atoms with Crippen molar-refractivity contribution in [1.29, 1.82) is 0 Å². The number of nitrogens with two attached hydrogens (primary N) is 1. The molecule has 0 amide bonds. The Bertz CT molecular complexity index is 638. The summed E-state index contributed by atoms with van der Waals surface area (Å²) in [6.07, 6.45) is 3.46. The van der Waals surface area contributed by atoms with Crippen molar-refractivity contribution in [2.24, 2.45) is 5.73 Å². The van der Waals surface area contributed by atoms with Gasteiger partial charge in [0.1, 0.15) is 0 Å². The molecule has 0 aliphatic rings. The lowest BCUT2D eigenvalue weighted by Gasteiger charge is -2.16. The van der Waals surface area contributed by atoms with Crippen molar-refractivity contribution < 1.29 is 9.90 Å². The summed E-state index contributed by atoms with van der Waals surface area (Å²) in [6, 6.07) is 9.27. The number of halogens is 2. The minimum Gasteiger partial charge on any atom is -0.481 e. The zero-order valence-corrected chi connectivity index (χ0v) is 14.0. The Morgan fingerprint density at radius 2 is 2.00 bits per heavy atom. The third-order valence-electron chi connectivity index (χ3n) is 3.40. The van der Waals surface area contributed by atoms with E-state index in [0.717, 1.165) is 16.8 Å². The molecule has 0 radical (unpaired) electrons. The molecule has 0 saturated carbocycles. The molecule has 5 nitrogen and oxygen atoms in total. The van der Waals surface area contributed by atoms with Crippen LogP contribution < -0.4 is 11.1 Å². The number of carbonyl (C=O) groups is 1. The summed E-state index contributed by atoms with van der Waals surface area (Å²) >= 11 is 6.19. The first-order valence-electron chi connectivity index (χ1n) is 6.94. The highest BCUT2D eigenvalue weighted by atomic mass is 35.5. The van der Waals surface area contributed by atoms with Crippen molar-refractivity contribution in [3.63, 3.8) is 0 Å². The van der Waals surface area contributed by atoms with Crippen molar-refractivity contribution in [2.45, 2.75) is 18.9 Å². The summed E-state index contributed by atoms with van der Waals surface area (Å²) in [7, 11) is 0. The summed E-state index contributed by atoms with van der Waals surface area (Å²) in [6.45, 7) is 0.885. The Labute approximate surface area is 146 Å². The molecule has 1 aromatic carbocycles. The molecule has 0 saturated heterocycles. The fourth-order valence-corrected chi connectivity index (χ4v) is 2.36. The van der Waals surface area contributed by atoms with Crippen LogP contribution in [0, 0.1) is 0 Å². The number of anilines is 1. The molecule has 2 rings (SSSR count). The second-order valence-electron chi connectivity index (χ2n) is 4.98. The van der Waals surface area contributed by atoms with Gasteiger partial charge in [-0.3, -0.25) is 9.78 Å². The second kappa shape index (κ2) is 9.35. The van der Waals surface area contributed by atoms with E-state index in [-0.39, 0.29) is 31.3 Å². The van der Waals surface area contributed by atoms with Gasteiger partial charge in [0.25, 0.3) is 0 Å². The number of benzene rings is 1. The molecule has 7 heteroatoms. The van der Waals surface area contributed by atoms with Crippen molar-refractivity contribution in [3.05, 3.63) is 58.9 Å². The molecule has 1 atom stereocenters. The summed E-state index contributed by atoms with van der Waals surface area (Å²) in [5.74, 6) is -1.09. The van der Waals surface area contributed by atoms with Crippen LogP contribution in [0.3, 0.4) is 0 Å². The van der Waals surface area contributed by atoms with Gasteiger partial charge >= 0.3 is 5.97 Å². The molecule has 0 unspecified atom stereocenters. The maximum absolute atomic E-state index is 10.9. The molecule has 0 aliphatic heterocycles. The number of carboxylic acid groups (broad SMARTS) is 1. The van der Waals surface area contributed by atoms with Crippen molar-refractivity contribution in [3.8, 4) is 0 Å². The maximum Gasteiger partial charge on any atom is 0.304 e. The van der Waals surface area contributed by atoms with Gasteiger partial charge in [0, 0.05) is 24.9 Å². The maximum atomic E-state index is 10.9. The second-order valence-corrected chi connectivity index (χ2v) is 5.39. The summed E-state index contributed by atoms with van der Waals surface area (Å²) in [4.78, 5) is 14.9. The van der Waals surface area contributed by atoms with Gasteiger partial charge in [-0.25, -0.2) is 0 Å². The van der Waals surface area contributed by atoms with Crippen LogP contribution in [0.5, 0.6) is 0 Å². The van der Waals surface area contributed by atoms with Crippen LogP contribution in [0.1, 0.15) is 23.5 Å². The van der Waals surface area contributed by atoms with E-state index in [2.05, 4.69) is 10.3 Å². The quantitative estimate of drug-likeness (QED) is 0.709. The normalized spacial score (nSPS) is 11.4. The Hall–Kier alpha value is -1.82. The molecule has 124 valence electrons. The number of aromatic nitrogens is 1. The Balaban J connectivity index is 0.00000264. The molecule has 1 heterocycles. The number of aliphatic carboxylic acids is 1. The van der Waals surface area contributed by atoms with Crippen molar-refractivity contribution >= 4 is 35.7 Å². The first-order chi connectivity index (χ1) is 10.6. The van der Waals surface area contributed by atoms with Gasteiger partial charge in [0.15, 0.2) is 0 Å². The third-order valence-corrected chi connectivity index (χ3v) is 3.73. The van der Waals surface area contributed by atoms with Crippen LogP contribution in [0.15, 0.2) is 42.7 Å². The summed E-state index contributed by atoms with van der Waals surface area (Å²) < 4.78 is 0. The predicted octanol–water partition coefficient (Wildman–Crippen LogP) is 3.29. The predicted molar refractivity (Wildman–Crippen MR) is 94.3 cm³/mol. The van der Waals surface area contributed by atoms with E-state index in [1.165, 1.54) is 0 Å². The lowest BCUT2D eigenvalue weighted by Crippen LogP contribution is -2.16. The molecular formula is C16H19Cl2N3O2. The van der Waals surface area contributed by atoms with Crippen LogP contribution in [-0.4, -0.2) is 22.6 Å². The highest BCUT2D eigenvalue weighted by Crippen LogP contribution is 2.28. The SMILES string of the molecule is Cl.NC[C@H](CC(=O)O)c1ccc(Cl)c(NCc2ccncc2)c1. The minimum atomic E-state index is -0.864. The van der Waals surface area contributed by atoms with Gasteiger partial charge in [-0.1, -0.05) is 17.7 Å². The van der Waals surface area contributed by atoms with Crippen molar-refractivity contribution in [2.75, 3.05) is 11.9 Å². The highest BCUT2D eigenvalue weighted by Gasteiger charge is 2.15. The van der Waals surface area contributed by atoms with Gasteiger partial charge in [0.05, 0.1) is 17.1 Å². The fourth-order valence-electron chi connectivity index (χ4n) is 2.18. The van der Waals surface area contributed by atoms with Gasteiger partial charge in [-0.15, -0.1) is 12.4 Å². The molecule has 0 bridgehead atoms. The smallest absolute Gasteiger partial charge is 0.304 e. The van der Waals surface area contributed by atoms with Gasteiger partial charge in [-0.05, 0) is 41.9 Å². The number of nitrogens with one attached hydrogen (secondary N) is 1. The lowest BCUT2D eigenvalue weighted by molar-refractivity contribution is -0.137. The fraction of sp³-hybridized carbons (Fsp3) is 0.250. The highest BCUT2D eigenvalue weighted by molar-refractivity contribution is 6.33. The monoisotopic (exact) mass is 355 g/mol. The Morgan fingerprint density at radius 1 is 1.30 bits per heavy atom. The van der Waals surface area contributed by atoms with E-state index < -0.39 is 5.97 Å². The van der Waals surface area contributed by atoms with Crippen LogP contribution in [0.2, 0.25) is 5.02 Å². The number of hydrogen-bond donors (Lipinski definition) is 3. The van der Waals surface area contributed by atoms with Crippen LogP contribution >= 0.6 is 24.0 Å². The first kappa shape index (κ1) is 19.2. The molecule has 2 aromatic rings. The standard InChI is InChI=1S/C16H18ClN3O2.ClH/c17-14-2-1-12(13(9-18)8-16(21)22)7-15(14)20-10-11-3-5-19-6-4-11;/h1-7,13,20H,8-10,18H2,(H,21,22);1H/t13-;/m0./s1. The molecule has 23 heavy (non-hydrogen) atoms. The van der Waals surface area contributed by atoms with Crippen LogP contribution in [0.25, 0.3) is 0 Å². The molecule has 4 N–H and O–H groups in total. The molecule has 1 aromatic heterocycles. The molecule has 0 spiro atoms. The van der Waals surface area contributed by atoms with Gasteiger partial charge in [-0.2, -0.15) is 0 Å². The van der Waals surface area contributed by atoms with Gasteiger partial charge in [0.2, 0.25) is 0 Å². The topological polar surface area (TPSA) is 88.2 Å². The van der Waals surface area contributed by atoms with E-state index in [1.54, 1.807) is 18.5 Å². The molecule has 0 aliphatic carbocycles. The Kier molecular flexibility index (Phi) is 7.81. The Morgan fingerprint density at radius 3 is 2.61 bits per heavy atom. The average molecular weight is 356 g/mol. The number of carboxylic acids is 1. The average Bonchev–Trinajstić information content (AvgIpc) is 2.53. The van der Waals surface area contributed by atoms with E-state index in [0.29, 0.717) is 11.6 Å². The zero-order chi connectivity index (χ0) is 15.9. The van der Waals surface area contributed by atoms with E-state index >= 15 is 0 Å². The van der Waals surface area contributed by atoms with E-state index in [9.17, 15) is 4.79 Å². The number of hydrogen-bond acceptors (Lipinski definition) is 4. The number of rotatable bonds is 7. The summed E-state index contributed by atoms with van der Waals surface area (Å²) in [5.41, 5.74) is 8.39. The lowest BCUT2D eigenvalue weighted by atomic mass is 9.95. The van der Waals surface area contributed by atoms with E-state index in [1.807, 2.05) is 24.3 Å². The summed E-state index contributed by atoms with van der Waals surface area (Å²) in [5, 5.41) is 12.8. The number of pyridine rings is 1. The first-order valence-corrected chi connectivity index (χ1v) is 7.32.